The minimum Gasteiger partial charge on any atom is -0.494 e. The third-order valence-electron chi connectivity index (χ3n) is 2.94. The molecule has 2 rings (SSSR count). The van der Waals surface area contributed by atoms with E-state index in [1.165, 1.54) is 18.3 Å². The van der Waals surface area contributed by atoms with E-state index >= 15 is 0 Å². The smallest absolute Gasteiger partial charge is 0.274 e. The Morgan fingerprint density at radius 2 is 2.18 bits per heavy atom. The molecule has 7 heteroatoms. The van der Waals surface area contributed by atoms with E-state index in [1.807, 2.05) is 31.2 Å². The highest BCUT2D eigenvalue weighted by Crippen LogP contribution is 2.12. The SMILES string of the molecule is Cc1cccc(OCCCN=c2cc([N+](=O)[O-])ccn2O)c1. The van der Waals surface area contributed by atoms with Crippen LogP contribution in [-0.4, -0.2) is 28.0 Å². The van der Waals surface area contributed by atoms with Crippen molar-refractivity contribution in [3.05, 3.63) is 63.8 Å². The van der Waals surface area contributed by atoms with E-state index in [4.69, 9.17) is 4.74 Å². The molecule has 7 nitrogen and oxygen atoms in total. The summed E-state index contributed by atoms with van der Waals surface area (Å²) in [5.74, 6) is 0.799. The normalized spacial score (nSPS) is 11.4. The molecule has 1 aromatic carbocycles. The van der Waals surface area contributed by atoms with Crippen LogP contribution in [0.2, 0.25) is 0 Å². The zero-order valence-corrected chi connectivity index (χ0v) is 12.2. The van der Waals surface area contributed by atoms with Crippen LogP contribution in [0.1, 0.15) is 12.0 Å². The fraction of sp³-hybridized carbons (Fsp3) is 0.267. The van der Waals surface area contributed by atoms with Gasteiger partial charge in [0.1, 0.15) is 5.75 Å². The Hall–Kier alpha value is -2.83. The molecule has 0 aliphatic rings. The van der Waals surface area contributed by atoms with Crippen LogP contribution in [0.3, 0.4) is 0 Å². The lowest BCUT2D eigenvalue weighted by atomic mass is 10.2. The van der Waals surface area contributed by atoms with Gasteiger partial charge in [0.15, 0.2) is 5.49 Å². The molecule has 0 radical (unpaired) electrons. The van der Waals surface area contributed by atoms with Gasteiger partial charge in [0.2, 0.25) is 0 Å². The summed E-state index contributed by atoms with van der Waals surface area (Å²) < 4.78 is 6.34. The van der Waals surface area contributed by atoms with Crippen molar-refractivity contribution in [2.24, 2.45) is 4.99 Å². The summed E-state index contributed by atoms with van der Waals surface area (Å²) in [6, 6.07) is 10.2. The first-order chi connectivity index (χ1) is 10.6. The second-order valence-electron chi connectivity index (χ2n) is 4.75. The van der Waals surface area contributed by atoms with Gasteiger partial charge < -0.3 is 9.94 Å². The molecule has 2 aromatic rings. The predicted molar refractivity (Wildman–Crippen MR) is 80.0 cm³/mol. The molecule has 1 aromatic heterocycles. The standard InChI is InChI=1S/C15H17N3O4/c1-12-4-2-5-14(10-12)22-9-3-7-16-15-11-13(18(20)21)6-8-17(15)19/h2,4-6,8,10-11,19H,3,7,9H2,1H3. The number of pyridine rings is 1. The average Bonchev–Trinajstić information content (AvgIpc) is 2.48. The summed E-state index contributed by atoms with van der Waals surface area (Å²) >= 11 is 0. The van der Waals surface area contributed by atoms with Crippen molar-refractivity contribution in [2.45, 2.75) is 13.3 Å². The highest BCUT2D eigenvalue weighted by atomic mass is 16.6. The third-order valence-corrected chi connectivity index (χ3v) is 2.94. The number of aromatic nitrogens is 1. The van der Waals surface area contributed by atoms with E-state index in [0.717, 1.165) is 16.0 Å². The van der Waals surface area contributed by atoms with E-state index < -0.39 is 4.92 Å². The fourth-order valence-electron chi connectivity index (χ4n) is 1.85. The van der Waals surface area contributed by atoms with Crippen molar-refractivity contribution in [2.75, 3.05) is 13.2 Å². The second kappa shape index (κ2) is 7.26. The maximum absolute atomic E-state index is 10.7. The summed E-state index contributed by atoms with van der Waals surface area (Å²) in [5, 5.41) is 20.2. The van der Waals surface area contributed by atoms with E-state index in [-0.39, 0.29) is 11.2 Å². The van der Waals surface area contributed by atoms with Crippen molar-refractivity contribution in [3.8, 4) is 5.75 Å². The molecule has 0 spiro atoms. The molecule has 0 unspecified atom stereocenters. The van der Waals surface area contributed by atoms with Gasteiger partial charge in [-0.25, -0.2) is 0 Å². The van der Waals surface area contributed by atoms with Gasteiger partial charge in [-0.15, -0.1) is 0 Å². The quantitative estimate of drug-likeness (QED) is 0.384. The minimum absolute atomic E-state index is 0.111. The molecule has 0 aliphatic heterocycles. The van der Waals surface area contributed by atoms with Gasteiger partial charge in [0.25, 0.3) is 5.69 Å². The molecule has 0 saturated carbocycles. The lowest BCUT2D eigenvalue weighted by molar-refractivity contribution is -0.385. The Balaban J connectivity index is 1.90. The Bertz CT molecular complexity index is 725. The topological polar surface area (TPSA) is 89.9 Å². The first kappa shape index (κ1) is 15.6. The van der Waals surface area contributed by atoms with E-state index in [9.17, 15) is 15.3 Å². The molecule has 1 heterocycles. The summed E-state index contributed by atoms with van der Waals surface area (Å²) in [6.45, 7) is 2.87. The number of rotatable bonds is 6. The van der Waals surface area contributed by atoms with Crippen molar-refractivity contribution in [3.63, 3.8) is 0 Å². The number of nitro groups is 1. The molecule has 0 fully saturated rings. The molecule has 22 heavy (non-hydrogen) atoms. The van der Waals surface area contributed by atoms with Crippen molar-refractivity contribution in [1.29, 1.82) is 0 Å². The summed E-state index contributed by atoms with van der Waals surface area (Å²) in [5.41, 5.74) is 1.16. The number of aryl methyl sites for hydroxylation is 1. The zero-order valence-electron chi connectivity index (χ0n) is 12.2. The van der Waals surface area contributed by atoms with Gasteiger partial charge in [0, 0.05) is 19.0 Å². The maximum atomic E-state index is 10.7. The molecule has 0 amide bonds. The third kappa shape index (κ3) is 4.34. The number of nitrogens with zero attached hydrogens (tertiary/aromatic N) is 3. The van der Waals surface area contributed by atoms with Crippen LogP contribution in [0.15, 0.2) is 47.6 Å². The van der Waals surface area contributed by atoms with Crippen LogP contribution in [0, 0.1) is 17.0 Å². The van der Waals surface area contributed by atoms with Gasteiger partial charge in [-0.2, -0.15) is 4.73 Å². The molecule has 0 atom stereocenters. The fourth-order valence-corrected chi connectivity index (χ4v) is 1.85. The number of hydrogen-bond acceptors (Lipinski definition) is 5. The molecule has 0 saturated heterocycles. The van der Waals surface area contributed by atoms with Crippen LogP contribution in [0.5, 0.6) is 5.75 Å². The Labute approximate surface area is 127 Å². The number of hydrogen-bond donors (Lipinski definition) is 1. The highest BCUT2D eigenvalue weighted by molar-refractivity contribution is 5.27. The summed E-state index contributed by atoms with van der Waals surface area (Å²) in [6.07, 6.45) is 1.83. The molecular weight excluding hydrogens is 286 g/mol. The largest absolute Gasteiger partial charge is 0.494 e. The van der Waals surface area contributed by atoms with Gasteiger partial charge in [-0.1, -0.05) is 12.1 Å². The highest BCUT2D eigenvalue weighted by Gasteiger charge is 2.05. The van der Waals surface area contributed by atoms with E-state index in [2.05, 4.69) is 4.99 Å². The first-order valence-corrected chi connectivity index (χ1v) is 6.82. The zero-order chi connectivity index (χ0) is 15.9. The van der Waals surface area contributed by atoms with Gasteiger partial charge in [-0.05, 0) is 24.6 Å². The Kier molecular flexibility index (Phi) is 5.13. The molecule has 0 aliphatic carbocycles. The van der Waals surface area contributed by atoms with Gasteiger partial charge >= 0.3 is 0 Å². The lowest BCUT2D eigenvalue weighted by Crippen LogP contribution is -2.19. The van der Waals surface area contributed by atoms with Crippen LogP contribution in [0.25, 0.3) is 0 Å². The maximum Gasteiger partial charge on any atom is 0.274 e. The molecule has 0 bridgehead atoms. The van der Waals surface area contributed by atoms with Crippen LogP contribution >= 0.6 is 0 Å². The van der Waals surface area contributed by atoms with Crippen LogP contribution < -0.4 is 10.2 Å². The lowest BCUT2D eigenvalue weighted by Gasteiger charge is -2.05. The Morgan fingerprint density at radius 1 is 1.36 bits per heavy atom. The second-order valence-corrected chi connectivity index (χ2v) is 4.75. The van der Waals surface area contributed by atoms with E-state index in [1.54, 1.807) is 0 Å². The van der Waals surface area contributed by atoms with Crippen molar-refractivity contribution in [1.82, 2.24) is 4.73 Å². The van der Waals surface area contributed by atoms with Crippen molar-refractivity contribution < 1.29 is 14.9 Å². The van der Waals surface area contributed by atoms with Crippen LogP contribution in [0.4, 0.5) is 5.69 Å². The van der Waals surface area contributed by atoms with Crippen LogP contribution in [-0.2, 0) is 0 Å². The summed E-state index contributed by atoms with van der Waals surface area (Å²) in [4.78, 5) is 14.3. The van der Waals surface area contributed by atoms with Gasteiger partial charge in [-0.3, -0.25) is 15.1 Å². The predicted octanol–water partition coefficient (Wildman–Crippen LogP) is 2.31. The van der Waals surface area contributed by atoms with Gasteiger partial charge in [0.05, 0.1) is 23.8 Å². The number of benzene rings is 1. The molecule has 1 N–H and O–H groups in total. The average molecular weight is 303 g/mol. The first-order valence-electron chi connectivity index (χ1n) is 6.82. The minimum atomic E-state index is -0.528. The molecular formula is C15H17N3O4. The van der Waals surface area contributed by atoms with Crippen molar-refractivity contribution >= 4 is 5.69 Å². The number of ether oxygens (including phenoxy) is 1. The summed E-state index contributed by atoms with van der Waals surface area (Å²) in [7, 11) is 0. The molecule has 116 valence electrons. The van der Waals surface area contributed by atoms with E-state index in [0.29, 0.717) is 19.6 Å². The Morgan fingerprint density at radius 3 is 2.91 bits per heavy atom. The monoisotopic (exact) mass is 303 g/mol.